The Morgan fingerprint density at radius 3 is 2.55 bits per heavy atom. The fourth-order valence-corrected chi connectivity index (χ4v) is 2.42. The van der Waals surface area contributed by atoms with Gasteiger partial charge in [0.1, 0.15) is 11.7 Å². The van der Waals surface area contributed by atoms with Crippen molar-refractivity contribution in [3.63, 3.8) is 0 Å². The van der Waals surface area contributed by atoms with Crippen molar-refractivity contribution < 1.29 is 18.0 Å². The van der Waals surface area contributed by atoms with Gasteiger partial charge in [0.15, 0.2) is 0 Å². The molecule has 5 nitrogen and oxygen atoms in total. The highest BCUT2D eigenvalue weighted by molar-refractivity contribution is 5.92. The summed E-state index contributed by atoms with van der Waals surface area (Å²) in [6.45, 7) is 1.26. The second-order valence-electron chi connectivity index (χ2n) is 5.06. The number of rotatable bonds is 4. The lowest BCUT2D eigenvalue weighted by Gasteiger charge is -2.35. The number of aryl methyl sites for hydroxylation is 1. The molecule has 0 radical (unpaired) electrons. The van der Waals surface area contributed by atoms with Crippen LogP contribution in [0.15, 0.2) is 18.3 Å². The van der Waals surface area contributed by atoms with Gasteiger partial charge in [-0.25, -0.2) is 0 Å². The Kier molecular flexibility index (Phi) is 6.70. The second-order valence-corrected chi connectivity index (χ2v) is 5.06. The number of alkyl halides is 3. The molecule has 0 bridgehead atoms. The molecule has 2 heterocycles. The van der Waals surface area contributed by atoms with Gasteiger partial charge >= 0.3 is 6.18 Å². The largest absolute Gasteiger partial charge is 0.405 e. The maximum atomic E-state index is 13.2. The van der Waals surface area contributed by atoms with Crippen LogP contribution in [-0.4, -0.2) is 60.3 Å². The molecule has 0 aromatic carbocycles. The molecule has 1 aromatic rings. The number of aromatic nitrogens is 1. The van der Waals surface area contributed by atoms with Crippen molar-refractivity contribution in [2.45, 2.75) is 12.2 Å². The first-order chi connectivity index (χ1) is 9.89. The highest BCUT2D eigenvalue weighted by atomic mass is 35.5. The van der Waals surface area contributed by atoms with E-state index in [0.717, 1.165) is 0 Å². The maximum Gasteiger partial charge on any atom is 0.405 e. The summed E-state index contributed by atoms with van der Waals surface area (Å²) in [5, 5.41) is 5.40. The lowest BCUT2D eigenvalue weighted by Crippen LogP contribution is -2.57. The van der Waals surface area contributed by atoms with Crippen LogP contribution in [0.2, 0.25) is 0 Å². The molecule has 1 aliphatic rings. The van der Waals surface area contributed by atoms with Crippen LogP contribution in [0.25, 0.3) is 0 Å². The summed E-state index contributed by atoms with van der Waals surface area (Å²) >= 11 is 0. The molecule has 1 aromatic heterocycles. The normalized spacial score (nSPS) is 17.6. The molecule has 1 fully saturated rings. The SMILES string of the molecule is Cl.Cn1cccc1C(=O)NCC(N1CCNCC1)C(F)(F)F. The van der Waals surface area contributed by atoms with E-state index in [0.29, 0.717) is 31.9 Å². The van der Waals surface area contributed by atoms with Gasteiger partial charge in [-0.05, 0) is 12.1 Å². The van der Waals surface area contributed by atoms with Crippen molar-refractivity contribution in [3.05, 3.63) is 24.0 Å². The third-order valence-corrected chi connectivity index (χ3v) is 3.60. The van der Waals surface area contributed by atoms with E-state index in [-0.39, 0.29) is 12.4 Å². The molecule has 22 heavy (non-hydrogen) atoms. The monoisotopic (exact) mass is 340 g/mol. The molecule has 2 N–H and O–H groups in total. The molecule has 1 atom stereocenters. The van der Waals surface area contributed by atoms with Crippen LogP contribution in [0.5, 0.6) is 0 Å². The van der Waals surface area contributed by atoms with E-state index in [4.69, 9.17) is 0 Å². The zero-order valence-corrected chi connectivity index (χ0v) is 13.0. The van der Waals surface area contributed by atoms with Gasteiger partial charge in [0, 0.05) is 46.0 Å². The van der Waals surface area contributed by atoms with E-state index in [1.54, 1.807) is 29.9 Å². The summed E-state index contributed by atoms with van der Waals surface area (Å²) in [6.07, 6.45) is -2.69. The van der Waals surface area contributed by atoms with E-state index in [1.165, 1.54) is 4.90 Å². The van der Waals surface area contributed by atoms with E-state index >= 15 is 0 Å². The Morgan fingerprint density at radius 2 is 2.05 bits per heavy atom. The summed E-state index contributed by atoms with van der Waals surface area (Å²) in [6, 6.07) is 1.60. The summed E-state index contributed by atoms with van der Waals surface area (Å²) in [7, 11) is 1.67. The Morgan fingerprint density at radius 1 is 1.41 bits per heavy atom. The average molecular weight is 341 g/mol. The lowest BCUT2D eigenvalue weighted by molar-refractivity contribution is -0.183. The molecule has 126 valence electrons. The Hall–Kier alpha value is -1.25. The summed E-state index contributed by atoms with van der Waals surface area (Å²) in [5.74, 6) is -0.494. The van der Waals surface area contributed by atoms with Crippen LogP contribution >= 0.6 is 12.4 Å². The van der Waals surface area contributed by atoms with E-state index < -0.39 is 24.7 Å². The number of amides is 1. The van der Waals surface area contributed by atoms with Gasteiger partial charge in [0.05, 0.1) is 0 Å². The minimum atomic E-state index is -4.36. The summed E-state index contributed by atoms with van der Waals surface area (Å²) in [5.41, 5.74) is 0.344. The Bertz CT molecular complexity index is 486. The molecule has 9 heteroatoms. The predicted octanol–water partition coefficient (Wildman–Crippen LogP) is 1.01. The number of hydrogen-bond donors (Lipinski definition) is 2. The first-order valence-electron chi connectivity index (χ1n) is 6.80. The van der Waals surface area contributed by atoms with Gasteiger partial charge < -0.3 is 15.2 Å². The minimum absolute atomic E-state index is 0. The molecular formula is C13H20ClF3N4O. The molecule has 0 aliphatic carbocycles. The minimum Gasteiger partial charge on any atom is -0.349 e. The van der Waals surface area contributed by atoms with Gasteiger partial charge in [-0.3, -0.25) is 9.69 Å². The molecule has 1 unspecified atom stereocenters. The number of carbonyl (C=O) groups excluding carboxylic acids is 1. The fraction of sp³-hybridized carbons (Fsp3) is 0.615. The molecular weight excluding hydrogens is 321 g/mol. The smallest absolute Gasteiger partial charge is 0.349 e. The summed E-state index contributed by atoms with van der Waals surface area (Å²) in [4.78, 5) is 13.3. The third kappa shape index (κ3) is 4.62. The van der Waals surface area contributed by atoms with Gasteiger partial charge in [-0.1, -0.05) is 0 Å². The number of carbonyl (C=O) groups is 1. The quantitative estimate of drug-likeness (QED) is 0.860. The first-order valence-corrected chi connectivity index (χ1v) is 6.80. The Balaban J connectivity index is 0.00000242. The lowest BCUT2D eigenvalue weighted by atomic mass is 10.2. The molecule has 1 amide bonds. The second kappa shape index (κ2) is 7.85. The van der Waals surface area contributed by atoms with Crippen molar-refractivity contribution in [1.82, 2.24) is 20.1 Å². The zero-order chi connectivity index (χ0) is 15.5. The average Bonchev–Trinajstić information content (AvgIpc) is 2.85. The van der Waals surface area contributed by atoms with Crippen LogP contribution in [0.3, 0.4) is 0 Å². The summed E-state index contributed by atoms with van der Waals surface area (Å²) < 4.78 is 41.0. The molecule has 2 rings (SSSR count). The van der Waals surface area contributed by atoms with Crippen molar-refractivity contribution in [3.8, 4) is 0 Å². The molecule has 1 saturated heterocycles. The predicted molar refractivity (Wildman–Crippen MR) is 79.3 cm³/mol. The van der Waals surface area contributed by atoms with Gasteiger partial charge in [-0.15, -0.1) is 12.4 Å². The third-order valence-electron chi connectivity index (χ3n) is 3.60. The van der Waals surface area contributed by atoms with Gasteiger partial charge in [-0.2, -0.15) is 13.2 Å². The van der Waals surface area contributed by atoms with Crippen molar-refractivity contribution in [2.75, 3.05) is 32.7 Å². The maximum absolute atomic E-state index is 13.2. The molecule has 1 aliphatic heterocycles. The molecule has 0 saturated carbocycles. The zero-order valence-electron chi connectivity index (χ0n) is 12.2. The Labute approximate surface area is 133 Å². The van der Waals surface area contributed by atoms with E-state index in [2.05, 4.69) is 10.6 Å². The van der Waals surface area contributed by atoms with Gasteiger partial charge in [0.25, 0.3) is 5.91 Å². The topological polar surface area (TPSA) is 49.3 Å². The first kappa shape index (κ1) is 18.8. The van der Waals surface area contributed by atoms with Crippen molar-refractivity contribution in [2.24, 2.45) is 7.05 Å². The highest BCUT2D eigenvalue weighted by Gasteiger charge is 2.43. The van der Waals surface area contributed by atoms with Crippen LogP contribution in [0.4, 0.5) is 13.2 Å². The van der Waals surface area contributed by atoms with E-state index in [9.17, 15) is 18.0 Å². The number of piperazine rings is 1. The van der Waals surface area contributed by atoms with Gasteiger partial charge in [0.2, 0.25) is 0 Å². The van der Waals surface area contributed by atoms with E-state index in [1.807, 2.05) is 0 Å². The van der Waals surface area contributed by atoms with Crippen LogP contribution < -0.4 is 10.6 Å². The van der Waals surface area contributed by atoms with Crippen molar-refractivity contribution in [1.29, 1.82) is 0 Å². The molecule has 0 spiro atoms. The van der Waals surface area contributed by atoms with Crippen molar-refractivity contribution >= 4 is 18.3 Å². The number of hydrogen-bond acceptors (Lipinski definition) is 3. The number of nitrogens with one attached hydrogen (secondary N) is 2. The standard InChI is InChI=1S/C13H19F3N4O.ClH/c1-19-6-2-3-10(19)12(21)18-9-11(13(14,15)16)20-7-4-17-5-8-20;/h2-3,6,11,17H,4-5,7-9H2,1H3,(H,18,21);1H. The van der Waals surface area contributed by atoms with Crippen LogP contribution in [0, 0.1) is 0 Å². The van der Waals surface area contributed by atoms with Crippen LogP contribution in [0.1, 0.15) is 10.5 Å². The van der Waals surface area contributed by atoms with Crippen LogP contribution in [-0.2, 0) is 7.05 Å². The highest BCUT2D eigenvalue weighted by Crippen LogP contribution is 2.24. The number of nitrogens with zero attached hydrogens (tertiary/aromatic N) is 2. The number of halogens is 4. The fourth-order valence-electron chi connectivity index (χ4n) is 2.42.